The minimum absolute atomic E-state index is 0. The van der Waals surface area contributed by atoms with Crippen molar-refractivity contribution in [1.82, 2.24) is 0 Å². The summed E-state index contributed by atoms with van der Waals surface area (Å²) in [4.78, 5) is 0. The summed E-state index contributed by atoms with van der Waals surface area (Å²) in [5.41, 5.74) is 0. The molecular weight excluding hydrogens is 448 g/mol. The normalized spacial score (nSPS) is 16.7. The molecule has 0 bridgehead atoms. The Bertz CT molecular complexity index is 582. The van der Waals surface area contributed by atoms with Gasteiger partial charge in [0.25, 0.3) is 0 Å². The second-order valence-electron chi connectivity index (χ2n) is 12.1. The molecule has 5 heteroatoms. The van der Waals surface area contributed by atoms with E-state index >= 15 is 0 Å². The van der Waals surface area contributed by atoms with Crippen molar-refractivity contribution in [3.05, 3.63) is 59.9 Å². The van der Waals surface area contributed by atoms with Crippen LogP contribution in [0.15, 0.2) is 45.1 Å². The van der Waals surface area contributed by atoms with Gasteiger partial charge in [0.05, 0.1) is 32.3 Å². The van der Waals surface area contributed by atoms with Crippen molar-refractivity contribution in [1.29, 1.82) is 0 Å². The van der Waals surface area contributed by atoms with Gasteiger partial charge in [-0.2, -0.15) is 0 Å². The van der Waals surface area contributed by atoms with E-state index < -0.39 is 32.3 Å². The third kappa shape index (κ3) is 11.1. The van der Waals surface area contributed by atoms with Gasteiger partial charge < -0.3 is 14.9 Å². The molecule has 166 valence electrons. The van der Waals surface area contributed by atoms with Crippen molar-refractivity contribution in [2.45, 2.75) is 91.4 Å². The molecule has 0 saturated carbocycles. The molecule has 2 aliphatic rings. The minimum atomic E-state index is -1.04. The Balaban J connectivity index is -0.000000422. The van der Waals surface area contributed by atoms with E-state index in [1.807, 2.05) is 0 Å². The number of rotatable bonds is 4. The molecule has 0 fully saturated rings. The number of hydrogen-bond acceptors (Lipinski definition) is 0. The van der Waals surface area contributed by atoms with E-state index in [0.29, 0.717) is 0 Å². The van der Waals surface area contributed by atoms with E-state index in [4.69, 9.17) is 0 Å². The molecule has 2 rings (SSSR count). The van der Waals surface area contributed by atoms with Gasteiger partial charge in [-0.3, -0.25) is 0 Å². The Hall–Kier alpha value is 0.542. The molecule has 0 aromatic carbocycles. The Morgan fingerprint density at radius 3 is 0.828 bits per heavy atom. The summed E-state index contributed by atoms with van der Waals surface area (Å²) in [7, 11) is -4.10. The van der Waals surface area contributed by atoms with E-state index in [1.54, 1.807) is 20.8 Å². The van der Waals surface area contributed by atoms with Crippen molar-refractivity contribution in [3.63, 3.8) is 0 Å². The van der Waals surface area contributed by atoms with Crippen LogP contribution in [0.5, 0.6) is 0 Å². The topological polar surface area (TPSA) is 0 Å². The Labute approximate surface area is 204 Å². The van der Waals surface area contributed by atoms with E-state index in [2.05, 4.69) is 103 Å². The summed E-state index contributed by atoms with van der Waals surface area (Å²) in [5, 5.41) is 6.82. The zero-order valence-electron chi connectivity index (χ0n) is 22.2. The van der Waals surface area contributed by atoms with Crippen LogP contribution in [0.1, 0.15) is 12.8 Å². The van der Waals surface area contributed by atoms with Crippen LogP contribution in [0, 0.1) is 14.9 Å². The average molecular weight is 499 g/mol. The minimum Gasteiger partial charge on any atom is -0.358 e. The second kappa shape index (κ2) is 12.0. The van der Waals surface area contributed by atoms with Crippen LogP contribution in [0.4, 0.5) is 0 Å². The van der Waals surface area contributed by atoms with Gasteiger partial charge in [0.1, 0.15) is 0 Å². The largest absolute Gasteiger partial charge is 2.00 e. The maximum Gasteiger partial charge on any atom is 2.00 e. The summed E-state index contributed by atoms with van der Waals surface area (Å²) >= 11 is 0. The second-order valence-corrected chi connectivity index (χ2v) is 32.5. The van der Waals surface area contributed by atoms with E-state index in [9.17, 15) is 0 Å². The first-order valence-electron chi connectivity index (χ1n) is 10.3. The van der Waals surface area contributed by atoms with Crippen molar-refractivity contribution in [2.24, 2.45) is 0 Å². The molecular formula is C24H50Si4Ti. The zero-order chi connectivity index (χ0) is 20.6. The SMILES string of the molecule is C[Si](C)(C)C1=CCC([Si](C)(C)C)=C1.C[Si](C)(C)C1=CCC([Si](C)(C)C)=C1.[CH3-].[CH3-].[Ti+2]. The van der Waals surface area contributed by atoms with Crippen molar-refractivity contribution in [3.8, 4) is 0 Å². The van der Waals surface area contributed by atoms with Crippen molar-refractivity contribution < 1.29 is 21.7 Å². The summed E-state index contributed by atoms with van der Waals surface area (Å²) < 4.78 is 0. The Morgan fingerprint density at radius 1 is 0.483 bits per heavy atom. The molecule has 29 heavy (non-hydrogen) atoms. The van der Waals surface area contributed by atoms with Gasteiger partial charge in [-0.1, -0.05) is 124 Å². The van der Waals surface area contributed by atoms with Gasteiger partial charge in [0.2, 0.25) is 0 Å². The molecule has 0 nitrogen and oxygen atoms in total. The predicted octanol–water partition coefficient (Wildman–Crippen LogP) is 8.89. The van der Waals surface area contributed by atoms with E-state index in [1.165, 1.54) is 12.8 Å². The summed E-state index contributed by atoms with van der Waals surface area (Å²) in [5.74, 6) is 0. The molecule has 2 aliphatic carbocycles. The summed E-state index contributed by atoms with van der Waals surface area (Å²) in [6.07, 6.45) is 12.5. The first-order chi connectivity index (χ1) is 11.4. The van der Waals surface area contributed by atoms with E-state index in [0.717, 1.165) is 0 Å². The molecule has 0 spiro atoms. The van der Waals surface area contributed by atoms with Crippen LogP contribution in [0.25, 0.3) is 0 Å². The summed E-state index contributed by atoms with van der Waals surface area (Å²) in [6, 6.07) is 0. The fraction of sp³-hybridized carbons (Fsp3) is 0.583. The van der Waals surface area contributed by atoms with Crippen LogP contribution < -0.4 is 0 Å². The van der Waals surface area contributed by atoms with Crippen LogP contribution in [-0.4, -0.2) is 32.3 Å². The van der Waals surface area contributed by atoms with Crippen molar-refractivity contribution >= 4 is 32.3 Å². The van der Waals surface area contributed by atoms with Gasteiger partial charge in [-0.05, 0) is 12.8 Å². The third-order valence-electron chi connectivity index (χ3n) is 5.40. The monoisotopic (exact) mass is 498 g/mol. The molecule has 0 aliphatic heterocycles. The average Bonchev–Trinajstić information content (AvgIpc) is 3.06. The van der Waals surface area contributed by atoms with Gasteiger partial charge in [-0.25, -0.2) is 0 Å². The maximum absolute atomic E-state index is 2.51. The molecule has 0 aromatic heterocycles. The van der Waals surface area contributed by atoms with Gasteiger partial charge in [-0.15, -0.1) is 0 Å². The molecule has 0 saturated heterocycles. The Kier molecular flexibility index (Phi) is 14.1. The Morgan fingerprint density at radius 2 is 0.724 bits per heavy atom. The standard InChI is InChI=1S/2C11H22Si2.2CH3.Ti/c2*1-12(2,3)10-7-8-11(9-10)13(4,5)6;;;/h2*7,9H,8H2,1-6H3;2*1H3;/q;;2*-1;+2. The molecule has 0 radical (unpaired) electrons. The first-order valence-corrected chi connectivity index (χ1v) is 24.3. The van der Waals surface area contributed by atoms with Gasteiger partial charge in [0.15, 0.2) is 0 Å². The molecule has 0 atom stereocenters. The quantitative estimate of drug-likeness (QED) is 0.268. The van der Waals surface area contributed by atoms with Crippen LogP contribution in [0.2, 0.25) is 78.6 Å². The summed E-state index contributed by atoms with van der Waals surface area (Å²) in [6.45, 7) is 29.3. The molecule has 0 amide bonds. The smallest absolute Gasteiger partial charge is 0.358 e. The van der Waals surface area contributed by atoms with Crippen LogP contribution in [-0.2, 0) is 21.7 Å². The van der Waals surface area contributed by atoms with E-state index in [-0.39, 0.29) is 36.6 Å². The molecule has 0 N–H and O–H groups in total. The number of allylic oxidation sites excluding steroid dienone is 8. The number of hydrogen-bond donors (Lipinski definition) is 0. The van der Waals surface area contributed by atoms with Crippen LogP contribution in [0.3, 0.4) is 0 Å². The van der Waals surface area contributed by atoms with Crippen molar-refractivity contribution in [2.75, 3.05) is 0 Å². The predicted molar refractivity (Wildman–Crippen MR) is 148 cm³/mol. The zero-order valence-corrected chi connectivity index (χ0v) is 27.8. The fourth-order valence-corrected chi connectivity index (χ4v) is 8.68. The fourth-order valence-electron chi connectivity index (χ4n) is 3.14. The van der Waals surface area contributed by atoms with Crippen LogP contribution >= 0.6 is 0 Å². The molecule has 0 heterocycles. The molecule has 0 unspecified atom stereocenters. The first kappa shape index (κ1) is 34.2. The maximum atomic E-state index is 2.51. The third-order valence-corrected chi connectivity index (χ3v) is 14.1. The van der Waals surface area contributed by atoms with Gasteiger partial charge >= 0.3 is 21.7 Å². The van der Waals surface area contributed by atoms with Gasteiger partial charge in [0, 0.05) is 0 Å². The molecule has 0 aromatic rings.